The fourth-order valence-electron chi connectivity index (χ4n) is 3.16. The molecule has 2 aromatic rings. The number of benzene rings is 2. The first-order valence-electron chi connectivity index (χ1n) is 7.46. The Morgan fingerprint density at radius 3 is 2.71 bits per heavy atom. The van der Waals surface area contributed by atoms with Crippen LogP contribution in [0.3, 0.4) is 0 Å². The van der Waals surface area contributed by atoms with Gasteiger partial charge in [-0.1, -0.05) is 47.1 Å². The van der Waals surface area contributed by atoms with Gasteiger partial charge in [-0.05, 0) is 48.6 Å². The predicted octanol–water partition coefficient (Wildman–Crippen LogP) is 4.80. The van der Waals surface area contributed by atoms with Crippen molar-refractivity contribution < 1.29 is 0 Å². The van der Waals surface area contributed by atoms with Gasteiger partial charge in [-0.25, -0.2) is 0 Å². The number of halogens is 1. The Morgan fingerprint density at radius 1 is 1.19 bits per heavy atom. The molecule has 0 amide bonds. The standard InChI is InChI=1S/C18H21BrN2/c1-12-9-14-5-3-4-6-17(14)21(11-12)18-10-15(19)7-8-16(18)13(2)20/h3-8,10,12-13H,9,11,20H2,1-2H3. The lowest BCUT2D eigenvalue weighted by atomic mass is 9.92. The SMILES string of the molecule is CC1Cc2ccccc2N(c2cc(Br)ccc2C(C)N)C1. The highest BCUT2D eigenvalue weighted by Crippen LogP contribution is 2.39. The summed E-state index contributed by atoms with van der Waals surface area (Å²) in [6, 6.07) is 15.1. The molecular formula is C18H21BrN2. The van der Waals surface area contributed by atoms with E-state index < -0.39 is 0 Å². The Balaban J connectivity index is 2.14. The zero-order chi connectivity index (χ0) is 15.0. The molecule has 1 aliphatic rings. The maximum absolute atomic E-state index is 6.18. The molecule has 2 unspecified atom stereocenters. The predicted molar refractivity (Wildman–Crippen MR) is 93.1 cm³/mol. The topological polar surface area (TPSA) is 29.3 Å². The molecule has 0 spiro atoms. The molecule has 21 heavy (non-hydrogen) atoms. The van der Waals surface area contributed by atoms with E-state index in [1.54, 1.807) is 0 Å². The fraction of sp³-hybridized carbons (Fsp3) is 0.333. The van der Waals surface area contributed by atoms with Crippen LogP contribution in [0.1, 0.15) is 31.0 Å². The Hall–Kier alpha value is -1.32. The number of nitrogens with two attached hydrogens (primary N) is 1. The third kappa shape index (κ3) is 2.85. The van der Waals surface area contributed by atoms with E-state index in [1.807, 2.05) is 6.92 Å². The molecule has 0 fully saturated rings. The van der Waals surface area contributed by atoms with Crippen molar-refractivity contribution in [1.82, 2.24) is 0 Å². The molecule has 1 aliphatic heterocycles. The summed E-state index contributed by atoms with van der Waals surface area (Å²) in [7, 11) is 0. The van der Waals surface area contributed by atoms with Crippen LogP contribution < -0.4 is 10.6 Å². The Labute approximate surface area is 135 Å². The van der Waals surface area contributed by atoms with Crippen molar-refractivity contribution in [1.29, 1.82) is 0 Å². The van der Waals surface area contributed by atoms with E-state index in [-0.39, 0.29) is 6.04 Å². The van der Waals surface area contributed by atoms with Crippen molar-refractivity contribution in [2.24, 2.45) is 11.7 Å². The third-order valence-corrected chi connectivity index (χ3v) is 4.61. The van der Waals surface area contributed by atoms with Gasteiger partial charge < -0.3 is 10.6 Å². The lowest BCUT2D eigenvalue weighted by molar-refractivity contribution is 0.561. The zero-order valence-electron chi connectivity index (χ0n) is 12.5. The molecule has 2 aromatic carbocycles. The van der Waals surface area contributed by atoms with Gasteiger partial charge in [-0.3, -0.25) is 0 Å². The minimum atomic E-state index is 0.0255. The van der Waals surface area contributed by atoms with Crippen LogP contribution in [0, 0.1) is 5.92 Å². The monoisotopic (exact) mass is 344 g/mol. The van der Waals surface area contributed by atoms with E-state index in [2.05, 4.69) is 70.2 Å². The Kier molecular flexibility index (Phi) is 4.05. The van der Waals surface area contributed by atoms with Gasteiger partial charge in [-0.2, -0.15) is 0 Å². The van der Waals surface area contributed by atoms with Crippen molar-refractivity contribution >= 4 is 27.3 Å². The van der Waals surface area contributed by atoms with Crippen molar-refractivity contribution in [2.45, 2.75) is 26.3 Å². The number of hydrogen-bond donors (Lipinski definition) is 1. The van der Waals surface area contributed by atoms with E-state index in [1.165, 1.54) is 22.5 Å². The van der Waals surface area contributed by atoms with E-state index in [0.29, 0.717) is 5.92 Å². The van der Waals surface area contributed by atoms with Crippen LogP contribution in [-0.2, 0) is 6.42 Å². The van der Waals surface area contributed by atoms with E-state index in [4.69, 9.17) is 5.73 Å². The summed E-state index contributed by atoms with van der Waals surface area (Å²) in [6.45, 7) is 5.39. The molecule has 2 N–H and O–H groups in total. The van der Waals surface area contributed by atoms with Crippen molar-refractivity contribution in [3.63, 3.8) is 0 Å². The molecule has 0 bridgehead atoms. The lowest BCUT2D eigenvalue weighted by Gasteiger charge is -2.36. The summed E-state index contributed by atoms with van der Waals surface area (Å²) in [5.41, 5.74) is 11.3. The van der Waals surface area contributed by atoms with Crippen LogP contribution >= 0.6 is 15.9 Å². The minimum Gasteiger partial charge on any atom is -0.341 e. The normalized spacial score (nSPS) is 19.2. The van der Waals surface area contributed by atoms with Gasteiger partial charge in [0.15, 0.2) is 0 Å². The summed E-state index contributed by atoms with van der Waals surface area (Å²) in [4.78, 5) is 2.42. The summed E-state index contributed by atoms with van der Waals surface area (Å²) in [6.07, 6.45) is 1.15. The molecule has 110 valence electrons. The molecule has 0 saturated heterocycles. The summed E-state index contributed by atoms with van der Waals surface area (Å²) < 4.78 is 1.10. The summed E-state index contributed by atoms with van der Waals surface area (Å²) in [5.74, 6) is 0.639. The highest BCUT2D eigenvalue weighted by Gasteiger charge is 2.24. The highest BCUT2D eigenvalue weighted by molar-refractivity contribution is 9.10. The molecule has 0 aromatic heterocycles. The first kappa shape index (κ1) is 14.6. The molecule has 0 saturated carbocycles. The van der Waals surface area contributed by atoms with Crippen molar-refractivity contribution in [2.75, 3.05) is 11.4 Å². The molecule has 2 atom stereocenters. The highest BCUT2D eigenvalue weighted by atomic mass is 79.9. The molecule has 1 heterocycles. The van der Waals surface area contributed by atoms with E-state index >= 15 is 0 Å². The number of para-hydroxylation sites is 1. The maximum atomic E-state index is 6.18. The number of rotatable bonds is 2. The van der Waals surface area contributed by atoms with Crippen LogP contribution in [-0.4, -0.2) is 6.54 Å². The van der Waals surface area contributed by atoms with E-state index in [9.17, 15) is 0 Å². The molecule has 3 rings (SSSR count). The Bertz CT molecular complexity index is 651. The average molecular weight is 345 g/mol. The summed E-state index contributed by atoms with van der Waals surface area (Å²) in [5, 5.41) is 0. The van der Waals surface area contributed by atoms with Gasteiger partial charge in [0.1, 0.15) is 0 Å². The second-order valence-corrected chi connectivity index (χ2v) is 6.96. The quantitative estimate of drug-likeness (QED) is 0.847. The maximum Gasteiger partial charge on any atom is 0.0470 e. The van der Waals surface area contributed by atoms with Gasteiger partial charge in [0.05, 0.1) is 0 Å². The minimum absolute atomic E-state index is 0.0255. The van der Waals surface area contributed by atoms with Crippen molar-refractivity contribution in [3.05, 3.63) is 58.1 Å². The van der Waals surface area contributed by atoms with Gasteiger partial charge in [0, 0.05) is 28.4 Å². The van der Waals surface area contributed by atoms with Gasteiger partial charge in [0.25, 0.3) is 0 Å². The Morgan fingerprint density at radius 2 is 1.95 bits per heavy atom. The molecule has 3 heteroatoms. The number of nitrogens with zero attached hydrogens (tertiary/aromatic N) is 1. The van der Waals surface area contributed by atoms with Crippen LogP contribution in [0.5, 0.6) is 0 Å². The molecule has 0 radical (unpaired) electrons. The third-order valence-electron chi connectivity index (χ3n) is 4.12. The number of fused-ring (bicyclic) bond motifs is 1. The smallest absolute Gasteiger partial charge is 0.0470 e. The van der Waals surface area contributed by atoms with Gasteiger partial charge >= 0.3 is 0 Å². The van der Waals surface area contributed by atoms with Crippen LogP contribution in [0.15, 0.2) is 46.9 Å². The van der Waals surface area contributed by atoms with E-state index in [0.717, 1.165) is 17.4 Å². The van der Waals surface area contributed by atoms with Crippen LogP contribution in [0.4, 0.5) is 11.4 Å². The second-order valence-electron chi connectivity index (χ2n) is 6.04. The van der Waals surface area contributed by atoms with Crippen LogP contribution in [0.25, 0.3) is 0 Å². The first-order valence-corrected chi connectivity index (χ1v) is 8.26. The van der Waals surface area contributed by atoms with Gasteiger partial charge in [0.2, 0.25) is 0 Å². The average Bonchev–Trinajstić information content (AvgIpc) is 2.45. The van der Waals surface area contributed by atoms with Crippen LogP contribution in [0.2, 0.25) is 0 Å². The fourth-order valence-corrected chi connectivity index (χ4v) is 3.51. The first-order chi connectivity index (χ1) is 10.1. The van der Waals surface area contributed by atoms with Crippen molar-refractivity contribution in [3.8, 4) is 0 Å². The number of hydrogen-bond acceptors (Lipinski definition) is 2. The summed E-state index contributed by atoms with van der Waals surface area (Å²) >= 11 is 3.60. The number of anilines is 2. The largest absolute Gasteiger partial charge is 0.341 e. The zero-order valence-corrected chi connectivity index (χ0v) is 14.1. The second kappa shape index (κ2) is 5.82. The molecule has 0 aliphatic carbocycles. The molecular weight excluding hydrogens is 324 g/mol. The van der Waals surface area contributed by atoms with Gasteiger partial charge in [-0.15, -0.1) is 0 Å². The lowest BCUT2D eigenvalue weighted by Crippen LogP contribution is -2.31. The molecule has 2 nitrogen and oxygen atoms in total.